The van der Waals surface area contributed by atoms with Crippen molar-refractivity contribution in [2.75, 3.05) is 10.6 Å². The molecule has 0 atom stereocenters. The lowest BCUT2D eigenvalue weighted by Crippen LogP contribution is -2.14. The highest BCUT2D eigenvalue weighted by Crippen LogP contribution is 2.36. The van der Waals surface area contributed by atoms with Crippen molar-refractivity contribution in [3.05, 3.63) is 66.2 Å². The lowest BCUT2D eigenvalue weighted by Gasteiger charge is -2.19. The zero-order valence-corrected chi connectivity index (χ0v) is 17.8. The molecule has 0 aliphatic carbocycles. The maximum absolute atomic E-state index is 12.7. The standard InChI is InChI=1S/C21H20F3N5OS/c1-20(2,3)31-16-7-8-25-12-15(16)28-19(30)13-6-9-26-18(10-13)29-17-5-4-14(11-27-17)21(22,23)24/h4-12H,1-3H3,(H,28,30)(H,26,27,29). The van der Waals surface area contributed by atoms with Crippen LogP contribution in [0.15, 0.2) is 60.0 Å². The largest absolute Gasteiger partial charge is 0.417 e. The van der Waals surface area contributed by atoms with Crippen molar-refractivity contribution in [2.45, 2.75) is 36.6 Å². The number of halogens is 3. The summed E-state index contributed by atoms with van der Waals surface area (Å²) >= 11 is 1.60. The van der Waals surface area contributed by atoms with Gasteiger partial charge in [0.15, 0.2) is 0 Å². The number of amides is 1. The summed E-state index contributed by atoms with van der Waals surface area (Å²) in [6.45, 7) is 6.21. The zero-order chi connectivity index (χ0) is 22.6. The number of pyridine rings is 3. The Labute approximate surface area is 181 Å². The first-order valence-electron chi connectivity index (χ1n) is 9.22. The smallest absolute Gasteiger partial charge is 0.325 e. The first kappa shape index (κ1) is 22.5. The van der Waals surface area contributed by atoms with Gasteiger partial charge in [-0.3, -0.25) is 9.78 Å². The zero-order valence-electron chi connectivity index (χ0n) is 17.0. The van der Waals surface area contributed by atoms with Gasteiger partial charge in [0.1, 0.15) is 11.6 Å². The Morgan fingerprint density at radius 1 is 0.968 bits per heavy atom. The molecule has 0 bridgehead atoms. The van der Waals surface area contributed by atoms with Crippen LogP contribution >= 0.6 is 11.8 Å². The normalized spacial score (nSPS) is 11.8. The second kappa shape index (κ2) is 8.93. The summed E-state index contributed by atoms with van der Waals surface area (Å²) in [6, 6.07) is 6.97. The molecule has 2 N–H and O–H groups in total. The lowest BCUT2D eigenvalue weighted by molar-refractivity contribution is -0.137. The third-order valence-electron chi connectivity index (χ3n) is 3.81. The van der Waals surface area contributed by atoms with Crippen LogP contribution in [0.3, 0.4) is 0 Å². The summed E-state index contributed by atoms with van der Waals surface area (Å²) in [5.41, 5.74) is 0.0580. The van der Waals surface area contributed by atoms with Crippen LogP contribution in [0.1, 0.15) is 36.7 Å². The van der Waals surface area contributed by atoms with Gasteiger partial charge in [-0.15, -0.1) is 11.8 Å². The molecule has 0 saturated carbocycles. The van der Waals surface area contributed by atoms with Crippen LogP contribution in [-0.2, 0) is 6.18 Å². The van der Waals surface area contributed by atoms with Crippen LogP contribution < -0.4 is 10.6 Å². The third-order valence-corrected chi connectivity index (χ3v) is 5.00. The third kappa shape index (κ3) is 6.42. The fourth-order valence-electron chi connectivity index (χ4n) is 2.50. The number of rotatable bonds is 5. The number of anilines is 3. The molecule has 31 heavy (non-hydrogen) atoms. The van der Waals surface area contributed by atoms with Crippen LogP contribution in [0, 0.1) is 0 Å². The maximum Gasteiger partial charge on any atom is 0.417 e. The van der Waals surface area contributed by atoms with E-state index in [0.29, 0.717) is 11.3 Å². The van der Waals surface area contributed by atoms with Gasteiger partial charge in [0, 0.05) is 33.8 Å². The molecule has 0 aromatic carbocycles. The topological polar surface area (TPSA) is 79.8 Å². The molecular formula is C21H20F3N5OS. The molecule has 0 radical (unpaired) electrons. The molecule has 0 fully saturated rings. The molecule has 0 aliphatic heterocycles. The molecule has 0 spiro atoms. The molecule has 0 saturated heterocycles. The number of nitrogens with zero attached hydrogens (tertiary/aromatic N) is 3. The fraction of sp³-hybridized carbons (Fsp3) is 0.238. The number of aromatic nitrogens is 3. The summed E-state index contributed by atoms with van der Waals surface area (Å²) < 4.78 is 37.9. The maximum atomic E-state index is 12.7. The Kier molecular flexibility index (Phi) is 6.49. The Morgan fingerprint density at radius 2 is 1.74 bits per heavy atom. The van der Waals surface area contributed by atoms with Crippen molar-refractivity contribution in [2.24, 2.45) is 0 Å². The van der Waals surface area contributed by atoms with E-state index in [2.05, 4.69) is 46.4 Å². The van der Waals surface area contributed by atoms with Crippen LogP contribution in [0.4, 0.5) is 30.5 Å². The Balaban J connectivity index is 1.74. The van der Waals surface area contributed by atoms with E-state index in [-0.39, 0.29) is 22.3 Å². The molecule has 3 rings (SSSR count). The van der Waals surface area contributed by atoms with Crippen molar-refractivity contribution < 1.29 is 18.0 Å². The van der Waals surface area contributed by atoms with E-state index >= 15 is 0 Å². The predicted octanol–water partition coefficient (Wildman–Crippen LogP) is 5.78. The minimum atomic E-state index is -4.46. The summed E-state index contributed by atoms with van der Waals surface area (Å²) in [5, 5.41) is 5.64. The number of hydrogen-bond acceptors (Lipinski definition) is 6. The average Bonchev–Trinajstić information content (AvgIpc) is 2.68. The Hall–Kier alpha value is -3.14. The highest BCUT2D eigenvalue weighted by molar-refractivity contribution is 8.00. The van der Waals surface area contributed by atoms with Gasteiger partial charge in [-0.2, -0.15) is 13.2 Å². The summed E-state index contributed by atoms with van der Waals surface area (Å²) in [6.07, 6.45) is 0.941. The van der Waals surface area contributed by atoms with E-state index < -0.39 is 11.7 Å². The number of thioether (sulfide) groups is 1. The predicted molar refractivity (Wildman–Crippen MR) is 115 cm³/mol. The fourth-order valence-corrected chi connectivity index (χ4v) is 3.50. The van der Waals surface area contributed by atoms with Gasteiger partial charge in [-0.1, -0.05) is 20.8 Å². The quantitative estimate of drug-likeness (QED) is 0.483. The molecule has 3 aromatic heterocycles. The van der Waals surface area contributed by atoms with Gasteiger partial charge in [-0.05, 0) is 30.3 Å². The van der Waals surface area contributed by atoms with Crippen LogP contribution in [0.2, 0.25) is 0 Å². The van der Waals surface area contributed by atoms with Gasteiger partial charge in [-0.25, -0.2) is 9.97 Å². The van der Waals surface area contributed by atoms with Gasteiger partial charge >= 0.3 is 6.18 Å². The lowest BCUT2D eigenvalue weighted by atomic mass is 10.2. The second-order valence-corrected chi connectivity index (χ2v) is 9.39. The molecule has 3 heterocycles. The number of carbonyl (C=O) groups excluding carboxylic acids is 1. The van der Waals surface area contributed by atoms with Gasteiger partial charge < -0.3 is 10.6 Å². The summed E-state index contributed by atoms with van der Waals surface area (Å²) in [7, 11) is 0. The van der Waals surface area contributed by atoms with Crippen LogP contribution in [-0.4, -0.2) is 25.6 Å². The number of alkyl halides is 3. The SMILES string of the molecule is CC(C)(C)Sc1ccncc1NC(=O)c1ccnc(Nc2ccc(C(F)(F)F)cn2)c1. The van der Waals surface area contributed by atoms with E-state index in [0.717, 1.165) is 17.2 Å². The molecular weight excluding hydrogens is 427 g/mol. The van der Waals surface area contributed by atoms with Crippen molar-refractivity contribution in [1.29, 1.82) is 0 Å². The molecule has 1 amide bonds. The molecule has 0 unspecified atom stereocenters. The highest BCUT2D eigenvalue weighted by atomic mass is 32.2. The van der Waals surface area contributed by atoms with Gasteiger partial charge in [0.2, 0.25) is 0 Å². The van der Waals surface area contributed by atoms with Crippen molar-refractivity contribution >= 4 is 35.0 Å². The van der Waals surface area contributed by atoms with Crippen LogP contribution in [0.5, 0.6) is 0 Å². The average molecular weight is 447 g/mol. The monoisotopic (exact) mass is 447 g/mol. The van der Waals surface area contributed by atoms with Gasteiger partial charge in [0.25, 0.3) is 5.91 Å². The molecule has 3 aromatic rings. The Morgan fingerprint density at radius 3 is 2.39 bits per heavy atom. The minimum Gasteiger partial charge on any atom is -0.325 e. The number of carbonyl (C=O) groups is 1. The molecule has 0 aliphatic rings. The first-order chi connectivity index (χ1) is 14.5. The van der Waals surface area contributed by atoms with Crippen molar-refractivity contribution in [3.63, 3.8) is 0 Å². The first-order valence-corrected chi connectivity index (χ1v) is 10.0. The summed E-state index contributed by atoms with van der Waals surface area (Å²) in [4.78, 5) is 25.5. The summed E-state index contributed by atoms with van der Waals surface area (Å²) in [5.74, 6) is 0.0826. The molecule has 10 heteroatoms. The van der Waals surface area contributed by atoms with Crippen LogP contribution in [0.25, 0.3) is 0 Å². The highest BCUT2D eigenvalue weighted by Gasteiger charge is 2.30. The van der Waals surface area contributed by atoms with Gasteiger partial charge in [0.05, 0.1) is 17.4 Å². The van der Waals surface area contributed by atoms with Crippen molar-refractivity contribution in [3.8, 4) is 0 Å². The minimum absolute atomic E-state index is 0.0523. The van der Waals surface area contributed by atoms with E-state index in [9.17, 15) is 18.0 Å². The Bertz CT molecular complexity index is 1070. The number of nitrogens with one attached hydrogen (secondary N) is 2. The van der Waals surface area contributed by atoms with E-state index in [1.807, 2.05) is 6.07 Å². The van der Waals surface area contributed by atoms with E-state index in [1.165, 1.54) is 24.4 Å². The van der Waals surface area contributed by atoms with E-state index in [4.69, 9.17) is 0 Å². The van der Waals surface area contributed by atoms with Crippen molar-refractivity contribution in [1.82, 2.24) is 15.0 Å². The number of hydrogen-bond donors (Lipinski definition) is 2. The molecule has 162 valence electrons. The van der Waals surface area contributed by atoms with E-state index in [1.54, 1.807) is 24.2 Å². The second-order valence-electron chi connectivity index (χ2n) is 7.53. The molecule has 6 nitrogen and oxygen atoms in total.